The fourth-order valence-electron chi connectivity index (χ4n) is 3.82. The molecule has 0 fully saturated rings. The summed E-state index contributed by atoms with van der Waals surface area (Å²) in [5, 5.41) is 2.88. The number of nitrogens with zero attached hydrogens (tertiary/aromatic N) is 3. The number of benzene rings is 2. The Morgan fingerprint density at radius 1 is 1.06 bits per heavy atom. The number of unbranched alkanes of at least 4 members (excludes halogenated alkanes) is 1. The third kappa shape index (κ3) is 4.94. The van der Waals surface area contributed by atoms with Gasteiger partial charge in [0.1, 0.15) is 16.5 Å². The molecule has 5 rings (SSSR count). The molecule has 1 aliphatic heterocycles. The standard InChI is InChI=1S/C27H25N3O3S/c1-19-7-10-21(11-8-19)32-15-5-4-14-30-24-16-20(9-12-25(24)33-17-26(30)31)23-18-34-27(29-23)22-6-2-3-13-28-22/h2-3,6-13,16,18H,4-5,14-15,17H2,1H3. The summed E-state index contributed by atoms with van der Waals surface area (Å²) in [4.78, 5) is 23.6. The molecule has 0 bridgehead atoms. The fraction of sp³-hybridized carbons (Fsp3) is 0.222. The number of pyridine rings is 1. The van der Waals surface area contributed by atoms with Gasteiger partial charge in [-0.3, -0.25) is 9.78 Å². The van der Waals surface area contributed by atoms with Crippen LogP contribution in [0.3, 0.4) is 0 Å². The van der Waals surface area contributed by atoms with Crippen molar-refractivity contribution in [2.45, 2.75) is 19.8 Å². The van der Waals surface area contributed by atoms with Crippen LogP contribution in [0.1, 0.15) is 18.4 Å². The van der Waals surface area contributed by atoms with Gasteiger partial charge in [0.15, 0.2) is 6.61 Å². The number of carbonyl (C=O) groups excluding carboxylic acids is 1. The zero-order valence-corrected chi connectivity index (χ0v) is 19.8. The Labute approximate surface area is 202 Å². The first-order chi connectivity index (χ1) is 16.7. The predicted molar refractivity (Wildman–Crippen MR) is 135 cm³/mol. The molecule has 0 atom stereocenters. The van der Waals surface area contributed by atoms with Gasteiger partial charge in [-0.2, -0.15) is 0 Å². The highest BCUT2D eigenvalue weighted by Crippen LogP contribution is 2.37. The average Bonchev–Trinajstić information content (AvgIpc) is 3.37. The van der Waals surface area contributed by atoms with Crippen molar-refractivity contribution < 1.29 is 14.3 Å². The molecule has 34 heavy (non-hydrogen) atoms. The molecule has 0 N–H and O–H groups in total. The van der Waals surface area contributed by atoms with Gasteiger partial charge in [-0.1, -0.05) is 23.8 Å². The van der Waals surface area contributed by atoms with E-state index in [9.17, 15) is 4.79 Å². The van der Waals surface area contributed by atoms with Crippen molar-refractivity contribution in [3.05, 3.63) is 77.8 Å². The Morgan fingerprint density at radius 3 is 2.76 bits per heavy atom. The highest BCUT2D eigenvalue weighted by Gasteiger charge is 2.26. The second kappa shape index (κ2) is 10.1. The fourth-order valence-corrected chi connectivity index (χ4v) is 4.62. The van der Waals surface area contributed by atoms with Gasteiger partial charge in [0.25, 0.3) is 5.91 Å². The molecule has 2 aromatic carbocycles. The van der Waals surface area contributed by atoms with E-state index < -0.39 is 0 Å². The summed E-state index contributed by atoms with van der Waals surface area (Å²) in [5.74, 6) is 1.56. The molecule has 0 saturated heterocycles. The Balaban J connectivity index is 1.26. The summed E-state index contributed by atoms with van der Waals surface area (Å²) in [6.45, 7) is 3.35. The third-order valence-electron chi connectivity index (χ3n) is 5.65. The van der Waals surface area contributed by atoms with Crippen molar-refractivity contribution in [2.24, 2.45) is 0 Å². The van der Waals surface area contributed by atoms with Gasteiger partial charge in [-0.25, -0.2) is 4.98 Å². The first-order valence-electron chi connectivity index (χ1n) is 11.3. The second-order valence-electron chi connectivity index (χ2n) is 8.14. The van der Waals surface area contributed by atoms with Crippen LogP contribution in [0.4, 0.5) is 5.69 Å². The Morgan fingerprint density at radius 2 is 1.94 bits per heavy atom. The lowest BCUT2D eigenvalue weighted by molar-refractivity contribution is -0.121. The number of amides is 1. The number of ether oxygens (including phenoxy) is 2. The van der Waals surface area contributed by atoms with E-state index in [1.165, 1.54) is 5.56 Å². The van der Waals surface area contributed by atoms with Crippen LogP contribution in [0.5, 0.6) is 11.5 Å². The summed E-state index contributed by atoms with van der Waals surface area (Å²) in [5.41, 5.74) is 4.66. The molecule has 1 aliphatic rings. The van der Waals surface area contributed by atoms with Crippen LogP contribution in [0, 0.1) is 6.92 Å². The van der Waals surface area contributed by atoms with Crippen molar-refractivity contribution in [3.63, 3.8) is 0 Å². The zero-order valence-electron chi connectivity index (χ0n) is 18.9. The highest BCUT2D eigenvalue weighted by atomic mass is 32.1. The van der Waals surface area contributed by atoms with Crippen molar-refractivity contribution in [1.82, 2.24) is 9.97 Å². The number of aryl methyl sites for hydroxylation is 1. The van der Waals surface area contributed by atoms with E-state index in [1.54, 1.807) is 17.5 Å². The molecule has 0 radical (unpaired) electrons. The zero-order chi connectivity index (χ0) is 23.3. The molecule has 0 unspecified atom stereocenters. The summed E-state index contributed by atoms with van der Waals surface area (Å²) in [6.07, 6.45) is 3.46. The number of hydrogen-bond acceptors (Lipinski definition) is 6. The van der Waals surface area contributed by atoms with E-state index in [1.807, 2.05) is 70.9 Å². The van der Waals surface area contributed by atoms with Gasteiger partial charge < -0.3 is 14.4 Å². The lowest BCUT2D eigenvalue weighted by atomic mass is 10.1. The molecule has 1 amide bonds. The average molecular weight is 472 g/mol. The van der Waals surface area contributed by atoms with Crippen LogP contribution in [0.15, 0.2) is 72.2 Å². The molecular formula is C27H25N3O3S. The van der Waals surface area contributed by atoms with Crippen LogP contribution >= 0.6 is 11.3 Å². The van der Waals surface area contributed by atoms with Crippen LogP contribution in [-0.2, 0) is 4.79 Å². The maximum Gasteiger partial charge on any atom is 0.265 e. The Bertz CT molecular complexity index is 1270. The summed E-state index contributed by atoms with van der Waals surface area (Å²) in [6, 6.07) is 19.7. The van der Waals surface area contributed by atoms with E-state index in [-0.39, 0.29) is 12.5 Å². The molecule has 0 aliphatic carbocycles. The van der Waals surface area contributed by atoms with Gasteiger partial charge in [0.05, 0.1) is 23.7 Å². The quantitative estimate of drug-likeness (QED) is 0.306. The molecule has 7 heteroatoms. The predicted octanol–water partition coefficient (Wildman–Crippen LogP) is 5.77. The Kier molecular flexibility index (Phi) is 6.53. The number of thiazole rings is 1. The van der Waals surface area contributed by atoms with Gasteiger partial charge in [0, 0.05) is 23.7 Å². The van der Waals surface area contributed by atoms with Crippen LogP contribution < -0.4 is 14.4 Å². The van der Waals surface area contributed by atoms with Crippen LogP contribution in [0.2, 0.25) is 0 Å². The second-order valence-corrected chi connectivity index (χ2v) is 9.00. The molecule has 172 valence electrons. The first kappa shape index (κ1) is 22.1. The number of carbonyl (C=O) groups is 1. The van der Waals surface area contributed by atoms with Crippen LogP contribution in [0.25, 0.3) is 22.0 Å². The molecule has 0 spiro atoms. The van der Waals surface area contributed by atoms with Crippen molar-refractivity contribution in [1.29, 1.82) is 0 Å². The molecule has 2 aromatic heterocycles. The van der Waals surface area contributed by atoms with E-state index in [4.69, 9.17) is 14.5 Å². The highest BCUT2D eigenvalue weighted by molar-refractivity contribution is 7.13. The molecule has 3 heterocycles. The topological polar surface area (TPSA) is 64.5 Å². The van der Waals surface area contributed by atoms with E-state index >= 15 is 0 Å². The maximum atomic E-state index is 12.7. The minimum atomic E-state index is -0.0310. The number of aromatic nitrogens is 2. The lowest BCUT2D eigenvalue weighted by Gasteiger charge is -2.29. The van der Waals surface area contributed by atoms with E-state index in [0.717, 1.165) is 52.0 Å². The first-order valence-corrected chi connectivity index (χ1v) is 12.2. The van der Waals surface area contributed by atoms with E-state index in [2.05, 4.69) is 11.9 Å². The third-order valence-corrected chi connectivity index (χ3v) is 6.52. The van der Waals surface area contributed by atoms with Crippen molar-refractivity contribution in [3.8, 4) is 33.5 Å². The minimum Gasteiger partial charge on any atom is -0.494 e. The summed E-state index contributed by atoms with van der Waals surface area (Å²) in [7, 11) is 0. The molecule has 0 saturated carbocycles. The van der Waals surface area contributed by atoms with E-state index in [0.29, 0.717) is 13.2 Å². The number of rotatable bonds is 8. The van der Waals surface area contributed by atoms with Crippen molar-refractivity contribution >= 4 is 22.9 Å². The molecule has 4 aromatic rings. The maximum absolute atomic E-state index is 12.7. The van der Waals surface area contributed by atoms with Crippen molar-refractivity contribution in [2.75, 3.05) is 24.7 Å². The Hall–Kier alpha value is -3.71. The molecular weight excluding hydrogens is 446 g/mol. The normalized spacial score (nSPS) is 12.9. The van der Waals surface area contributed by atoms with Gasteiger partial charge in [-0.15, -0.1) is 11.3 Å². The summed E-state index contributed by atoms with van der Waals surface area (Å²) < 4.78 is 11.5. The van der Waals surface area contributed by atoms with Gasteiger partial charge in [-0.05, 0) is 62.2 Å². The lowest BCUT2D eigenvalue weighted by Crippen LogP contribution is -2.39. The van der Waals surface area contributed by atoms with Crippen LogP contribution in [-0.4, -0.2) is 35.6 Å². The number of anilines is 1. The summed E-state index contributed by atoms with van der Waals surface area (Å²) >= 11 is 1.56. The SMILES string of the molecule is Cc1ccc(OCCCCN2C(=O)COc3ccc(-c4csc(-c5ccccn5)n4)cc32)cc1. The number of fused-ring (bicyclic) bond motifs is 1. The minimum absolute atomic E-state index is 0.0310. The van der Waals surface area contributed by atoms with Gasteiger partial charge >= 0.3 is 0 Å². The van der Waals surface area contributed by atoms with Gasteiger partial charge in [0.2, 0.25) is 0 Å². The largest absolute Gasteiger partial charge is 0.494 e. The monoisotopic (exact) mass is 471 g/mol. The smallest absolute Gasteiger partial charge is 0.265 e. The number of hydrogen-bond donors (Lipinski definition) is 0. The molecule has 6 nitrogen and oxygen atoms in total.